The van der Waals surface area contributed by atoms with Gasteiger partial charge in [0.1, 0.15) is 11.4 Å². The summed E-state index contributed by atoms with van der Waals surface area (Å²) in [7, 11) is 0. The van der Waals surface area contributed by atoms with Gasteiger partial charge in [-0.1, -0.05) is 42.0 Å². The van der Waals surface area contributed by atoms with E-state index in [1.807, 2.05) is 24.3 Å². The van der Waals surface area contributed by atoms with Gasteiger partial charge in [-0.15, -0.1) is 0 Å². The predicted octanol–water partition coefficient (Wildman–Crippen LogP) is 3.15. The molecule has 2 heterocycles. The van der Waals surface area contributed by atoms with Gasteiger partial charge in [0, 0.05) is 13.1 Å². The highest BCUT2D eigenvalue weighted by Gasteiger charge is 2.40. The zero-order valence-corrected chi connectivity index (χ0v) is 14.6. The molecule has 1 atom stereocenters. The number of benzene rings is 2. The number of carbonyl (C=O) groups excluding carboxylic acids is 1. The largest absolute Gasteiger partial charge is 0.483 e. The Kier molecular flexibility index (Phi) is 4.22. The van der Waals surface area contributed by atoms with Crippen molar-refractivity contribution < 1.29 is 9.53 Å². The molecule has 1 N–H and O–H groups in total. The smallest absolute Gasteiger partial charge is 0.255 e. The molecule has 0 bridgehead atoms. The number of likely N-dealkylation sites (tertiary alicyclic amines) is 1. The second-order valence-corrected chi connectivity index (χ2v) is 7.26. The van der Waals surface area contributed by atoms with E-state index in [9.17, 15) is 4.79 Å². The molecule has 1 saturated heterocycles. The number of para-hydroxylation sites is 1. The normalized spacial score (nSPS) is 23.5. The maximum atomic E-state index is 12.3. The maximum absolute atomic E-state index is 12.3. The summed E-state index contributed by atoms with van der Waals surface area (Å²) in [6.45, 7) is 5.48. The van der Waals surface area contributed by atoms with E-state index in [1.54, 1.807) is 0 Å². The Morgan fingerprint density at radius 3 is 2.80 bits per heavy atom. The second-order valence-electron chi connectivity index (χ2n) is 7.26. The highest BCUT2D eigenvalue weighted by atomic mass is 16.5. The molecule has 0 saturated carbocycles. The maximum Gasteiger partial charge on any atom is 0.255 e. The van der Waals surface area contributed by atoms with Gasteiger partial charge in [0.2, 0.25) is 0 Å². The Hall–Kier alpha value is -2.33. The highest BCUT2D eigenvalue weighted by Crippen LogP contribution is 2.32. The Bertz CT molecular complexity index is 772. The molecule has 4 heteroatoms. The minimum Gasteiger partial charge on any atom is -0.483 e. The molecule has 4 nitrogen and oxygen atoms in total. The quantitative estimate of drug-likeness (QED) is 0.916. The van der Waals surface area contributed by atoms with Gasteiger partial charge in [0.15, 0.2) is 0 Å². The molecule has 0 unspecified atom stereocenters. The number of nitrogens with one attached hydrogen (secondary N) is 1. The van der Waals surface area contributed by atoms with Crippen LogP contribution in [0.2, 0.25) is 0 Å². The Balaban J connectivity index is 1.53. The van der Waals surface area contributed by atoms with Crippen LogP contribution in [0, 0.1) is 6.92 Å². The van der Waals surface area contributed by atoms with Gasteiger partial charge in [-0.25, -0.2) is 0 Å². The molecule has 0 radical (unpaired) electrons. The molecule has 2 aliphatic rings. The highest BCUT2D eigenvalue weighted by molar-refractivity contribution is 5.97. The summed E-state index contributed by atoms with van der Waals surface area (Å²) >= 11 is 0. The molecule has 2 aromatic rings. The van der Waals surface area contributed by atoms with Gasteiger partial charge >= 0.3 is 0 Å². The fourth-order valence-electron chi connectivity index (χ4n) is 3.85. The van der Waals surface area contributed by atoms with Gasteiger partial charge in [0.25, 0.3) is 5.91 Å². The first-order valence-electron chi connectivity index (χ1n) is 8.98. The lowest BCUT2D eigenvalue weighted by molar-refractivity contribution is -0.00704. The summed E-state index contributed by atoms with van der Waals surface area (Å²) in [6.07, 6.45) is 2.04. The molecule has 1 fully saturated rings. The van der Waals surface area contributed by atoms with Crippen LogP contribution in [-0.2, 0) is 6.54 Å². The lowest BCUT2D eigenvalue weighted by Gasteiger charge is -2.42. The molecule has 2 aliphatic heterocycles. The lowest BCUT2D eigenvalue weighted by Crippen LogP contribution is -2.56. The minimum absolute atomic E-state index is 0.0388. The lowest BCUT2D eigenvalue weighted by atomic mass is 9.92. The van der Waals surface area contributed by atoms with Crippen molar-refractivity contribution in [2.24, 2.45) is 0 Å². The molecular formula is C21H24N2O2. The van der Waals surface area contributed by atoms with E-state index in [0.717, 1.165) is 32.5 Å². The predicted molar refractivity (Wildman–Crippen MR) is 97.8 cm³/mol. The molecule has 1 amide bonds. The third kappa shape index (κ3) is 3.40. The van der Waals surface area contributed by atoms with E-state index >= 15 is 0 Å². The summed E-state index contributed by atoms with van der Waals surface area (Å²) in [4.78, 5) is 14.8. The topological polar surface area (TPSA) is 41.6 Å². The van der Waals surface area contributed by atoms with Crippen molar-refractivity contribution in [1.29, 1.82) is 0 Å². The number of carbonyl (C=O) groups is 1. The first-order valence-corrected chi connectivity index (χ1v) is 8.98. The number of fused-ring (bicyclic) bond motifs is 1. The Labute approximate surface area is 148 Å². The summed E-state index contributed by atoms with van der Waals surface area (Å²) in [5.74, 6) is 0.665. The van der Waals surface area contributed by atoms with E-state index in [1.165, 1.54) is 11.1 Å². The third-order valence-electron chi connectivity index (χ3n) is 5.17. The van der Waals surface area contributed by atoms with Crippen molar-refractivity contribution in [3.8, 4) is 5.75 Å². The van der Waals surface area contributed by atoms with Crippen LogP contribution in [-0.4, -0.2) is 36.0 Å². The SMILES string of the molecule is Cc1ccc(CN2CCC[C@@]3(CNC(=O)c4ccccc4O3)C2)cc1. The first-order chi connectivity index (χ1) is 12.1. The standard InChI is InChI=1S/C21H24N2O2/c1-16-7-9-17(10-8-16)13-23-12-4-11-21(15-23)14-22-20(24)18-5-2-3-6-19(18)25-21/h2-3,5-10H,4,11-15H2,1H3,(H,22,24)/t21-/m1/s1. The van der Waals surface area contributed by atoms with E-state index in [4.69, 9.17) is 4.74 Å². The molecular weight excluding hydrogens is 312 g/mol. The van der Waals surface area contributed by atoms with E-state index in [0.29, 0.717) is 17.9 Å². The number of nitrogens with zero attached hydrogens (tertiary/aromatic N) is 1. The molecule has 4 rings (SSSR count). The van der Waals surface area contributed by atoms with Crippen LogP contribution in [0.1, 0.15) is 34.3 Å². The molecule has 130 valence electrons. The molecule has 0 aliphatic carbocycles. The van der Waals surface area contributed by atoms with Crippen LogP contribution in [0.3, 0.4) is 0 Å². The summed E-state index contributed by atoms with van der Waals surface area (Å²) < 4.78 is 6.42. The van der Waals surface area contributed by atoms with E-state index in [-0.39, 0.29) is 11.5 Å². The van der Waals surface area contributed by atoms with Crippen LogP contribution in [0.25, 0.3) is 0 Å². The van der Waals surface area contributed by atoms with E-state index in [2.05, 4.69) is 41.4 Å². The molecule has 0 aromatic heterocycles. The van der Waals surface area contributed by atoms with Gasteiger partial charge in [-0.05, 0) is 44.0 Å². The van der Waals surface area contributed by atoms with Crippen molar-refractivity contribution in [2.45, 2.75) is 31.9 Å². The van der Waals surface area contributed by atoms with Crippen LogP contribution < -0.4 is 10.1 Å². The summed E-state index contributed by atoms with van der Waals surface area (Å²) in [6, 6.07) is 16.3. The number of amides is 1. The fourth-order valence-corrected chi connectivity index (χ4v) is 3.85. The number of rotatable bonds is 2. The first kappa shape index (κ1) is 16.2. The molecule has 25 heavy (non-hydrogen) atoms. The van der Waals surface area contributed by atoms with Gasteiger partial charge < -0.3 is 10.1 Å². The van der Waals surface area contributed by atoms with Crippen LogP contribution in [0.5, 0.6) is 5.75 Å². The van der Waals surface area contributed by atoms with E-state index < -0.39 is 0 Å². The number of hydrogen-bond donors (Lipinski definition) is 1. The summed E-state index contributed by atoms with van der Waals surface area (Å²) in [5, 5.41) is 3.06. The number of ether oxygens (including phenoxy) is 1. The average Bonchev–Trinajstić information content (AvgIpc) is 2.75. The Morgan fingerprint density at radius 1 is 1.16 bits per heavy atom. The van der Waals surface area contributed by atoms with Crippen LogP contribution >= 0.6 is 0 Å². The van der Waals surface area contributed by atoms with Crippen LogP contribution in [0.4, 0.5) is 0 Å². The van der Waals surface area contributed by atoms with Gasteiger partial charge in [-0.3, -0.25) is 9.69 Å². The minimum atomic E-state index is -0.342. The zero-order valence-electron chi connectivity index (χ0n) is 14.6. The van der Waals surface area contributed by atoms with Crippen molar-refractivity contribution in [1.82, 2.24) is 10.2 Å². The van der Waals surface area contributed by atoms with Crippen LogP contribution in [0.15, 0.2) is 48.5 Å². The van der Waals surface area contributed by atoms with Crippen molar-refractivity contribution in [2.75, 3.05) is 19.6 Å². The average molecular weight is 336 g/mol. The Morgan fingerprint density at radius 2 is 1.96 bits per heavy atom. The second kappa shape index (κ2) is 6.52. The number of hydrogen-bond acceptors (Lipinski definition) is 3. The molecule has 2 aromatic carbocycles. The fraction of sp³-hybridized carbons (Fsp3) is 0.381. The molecule has 1 spiro atoms. The number of piperidine rings is 1. The summed E-state index contributed by atoms with van der Waals surface area (Å²) in [5.41, 5.74) is 2.90. The monoisotopic (exact) mass is 336 g/mol. The zero-order chi connectivity index (χ0) is 17.3. The van der Waals surface area contributed by atoms with Crippen molar-refractivity contribution in [3.05, 3.63) is 65.2 Å². The third-order valence-corrected chi connectivity index (χ3v) is 5.17. The number of aryl methyl sites for hydroxylation is 1. The van der Waals surface area contributed by atoms with Gasteiger partial charge in [0.05, 0.1) is 12.1 Å². The van der Waals surface area contributed by atoms with Crippen molar-refractivity contribution in [3.63, 3.8) is 0 Å². The van der Waals surface area contributed by atoms with Gasteiger partial charge in [-0.2, -0.15) is 0 Å². The van der Waals surface area contributed by atoms with Crippen molar-refractivity contribution >= 4 is 5.91 Å².